The summed E-state index contributed by atoms with van der Waals surface area (Å²) in [5.74, 6) is 0.0779. The van der Waals surface area contributed by atoms with E-state index in [2.05, 4.69) is 10.3 Å². The van der Waals surface area contributed by atoms with Crippen LogP contribution in [0.4, 0.5) is 18.0 Å². The third-order valence-corrected chi connectivity index (χ3v) is 3.80. The normalized spacial score (nSPS) is 20.1. The van der Waals surface area contributed by atoms with Gasteiger partial charge in [-0.1, -0.05) is 18.2 Å². The highest BCUT2D eigenvalue weighted by Gasteiger charge is 2.39. The highest BCUT2D eigenvalue weighted by molar-refractivity contribution is 5.66. The Balaban J connectivity index is 1.77. The number of hydrogen-bond acceptors (Lipinski definition) is 2. The van der Waals surface area contributed by atoms with Gasteiger partial charge in [-0.3, -0.25) is 4.98 Å². The number of aromatic nitrogens is 1. The summed E-state index contributed by atoms with van der Waals surface area (Å²) in [6, 6.07) is 8.31. The molecule has 1 aliphatic carbocycles. The third-order valence-electron chi connectivity index (χ3n) is 3.80. The number of nitrogens with one attached hydrogen (secondary N) is 1. The van der Waals surface area contributed by atoms with E-state index in [9.17, 15) is 18.0 Å². The van der Waals surface area contributed by atoms with Gasteiger partial charge in [0.25, 0.3) is 0 Å². The van der Waals surface area contributed by atoms with Crippen LogP contribution in [0.2, 0.25) is 0 Å². The van der Waals surface area contributed by atoms with E-state index in [0.717, 1.165) is 17.7 Å². The maximum absolute atomic E-state index is 12.7. The van der Waals surface area contributed by atoms with Gasteiger partial charge >= 0.3 is 12.3 Å². The molecule has 1 aromatic heterocycles. The molecule has 1 aliphatic rings. The Hall–Kier alpha value is -2.57. The van der Waals surface area contributed by atoms with Crippen molar-refractivity contribution in [1.82, 2.24) is 10.3 Å². The fourth-order valence-electron chi connectivity index (χ4n) is 2.53. The molecule has 1 amide bonds. The first-order valence-corrected chi connectivity index (χ1v) is 6.97. The van der Waals surface area contributed by atoms with Crippen molar-refractivity contribution in [2.24, 2.45) is 0 Å². The van der Waals surface area contributed by atoms with Crippen LogP contribution in [0.1, 0.15) is 23.5 Å². The zero-order chi connectivity index (χ0) is 16.6. The number of carboxylic acid groups (broad SMARTS) is 1. The van der Waals surface area contributed by atoms with E-state index in [-0.39, 0.29) is 12.0 Å². The molecule has 0 spiro atoms. The van der Waals surface area contributed by atoms with Crippen LogP contribution in [-0.2, 0) is 6.18 Å². The molecule has 120 valence electrons. The van der Waals surface area contributed by atoms with Crippen molar-refractivity contribution in [2.45, 2.75) is 24.6 Å². The zero-order valence-electron chi connectivity index (χ0n) is 11.8. The third kappa shape index (κ3) is 3.44. The smallest absolute Gasteiger partial charge is 0.416 e. The van der Waals surface area contributed by atoms with Crippen molar-refractivity contribution in [3.8, 4) is 11.3 Å². The molecule has 2 aromatic rings. The molecule has 1 fully saturated rings. The Morgan fingerprint density at radius 1 is 1.26 bits per heavy atom. The SMILES string of the molecule is O=C(O)NC1CC1c1ccc(-c2cccc(C(F)(F)F)c2)nc1. The van der Waals surface area contributed by atoms with E-state index < -0.39 is 17.8 Å². The van der Waals surface area contributed by atoms with Crippen LogP contribution in [0.15, 0.2) is 42.6 Å². The highest BCUT2D eigenvalue weighted by atomic mass is 19.4. The summed E-state index contributed by atoms with van der Waals surface area (Å²) in [5.41, 5.74) is 0.999. The number of rotatable bonds is 3. The molecule has 23 heavy (non-hydrogen) atoms. The van der Waals surface area contributed by atoms with E-state index in [0.29, 0.717) is 17.7 Å². The first-order valence-electron chi connectivity index (χ1n) is 6.97. The Labute approximate surface area is 130 Å². The van der Waals surface area contributed by atoms with Crippen molar-refractivity contribution in [3.63, 3.8) is 0 Å². The Morgan fingerprint density at radius 3 is 2.65 bits per heavy atom. The van der Waals surface area contributed by atoms with Gasteiger partial charge in [-0.2, -0.15) is 13.2 Å². The fourth-order valence-corrected chi connectivity index (χ4v) is 2.53. The molecule has 2 atom stereocenters. The first kappa shape index (κ1) is 15.3. The minimum atomic E-state index is -4.39. The fraction of sp³-hybridized carbons (Fsp3) is 0.250. The topological polar surface area (TPSA) is 62.2 Å². The second-order valence-electron chi connectivity index (χ2n) is 5.45. The standard InChI is InChI=1S/C16H13F3N2O2/c17-16(18,19)11-3-1-2-9(6-11)13-5-4-10(8-20-13)12-7-14(12)21-15(22)23/h1-6,8,12,14,21H,7H2,(H,22,23). The van der Waals surface area contributed by atoms with Gasteiger partial charge in [-0.25, -0.2) is 4.79 Å². The summed E-state index contributed by atoms with van der Waals surface area (Å²) in [6.45, 7) is 0. The quantitative estimate of drug-likeness (QED) is 0.901. The van der Waals surface area contributed by atoms with Crippen molar-refractivity contribution < 1.29 is 23.1 Å². The molecule has 7 heteroatoms. The van der Waals surface area contributed by atoms with E-state index >= 15 is 0 Å². The van der Waals surface area contributed by atoms with Crippen molar-refractivity contribution >= 4 is 6.09 Å². The van der Waals surface area contributed by atoms with E-state index in [1.54, 1.807) is 24.4 Å². The molecular formula is C16H13F3N2O2. The molecule has 2 unspecified atom stereocenters. The van der Waals surface area contributed by atoms with E-state index in [1.165, 1.54) is 6.07 Å². The molecule has 2 N–H and O–H groups in total. The average Bonchev–Trinajstić information content (AvgIpc) is 3.25. The van der Waals surface area contributed by atoms with Gasteiger partial charge in [-0.05, 0) is 30.2 Å². The molecule has 4 nitrogen and oxygen atoms in total. The second kappa shape index (κ2) is 5.57. The second-order valence-corrected chi connectivity index (χ2v) is 5.45. The van der Waals surface area contributed by atoms with Gasteiger partial charge in [0.2, 0.25) is 0 Å². The molecular weight excluding hydrogens is 309 g/mol. The molecule has 1 saturated carbocycles. The average molecular weight is 322 g/mol. The van der Waals surface area contributed by atoms with E-state index in [1.807, 2.05) is 0 Å². The number of amides is 1. The van der Waals surface area contributed by atoms with Crippen LogP contribution in [0, 0.1) is 0 Å². The Bertz CT molecular complexity index is 729. The van der Waals surface area contributed by atoms with E-state index in [4.69, 9.17) is 5.11 Å². The highest BCUT2D eigenvalue weighted by Crippen LogP contribution is 2.41. The Kier molecular flexibility index (Phi) is 3.71. The summed E-state index contributed by atoms with van der Waals surface area (Å²) in [5, 5.41) is 11.1. The minimum absolute atomic E-state index is 0.0779. The number of alkyl halides is 3. The molecule has 3 rings (SSSR count). The van der Waals surface area contributed by atoms with Crippen molar-refractivity contribution in [1.29, 1.82) is 0 Å². The van der Waals surface area contributed by atoms with Crippen LogP contribution >= 0.6 is 0 Å². The molecule has 1 heterocycles. The van der Waals surface area contributed by atoms with Gasteiger partial charge in [0.15, 0.2) is 0 Å². The van der Waals surface area contributed by atoms with Crippen LogP contribution < -0.4 is 5.32 Å². The Morgan fingerprint density at radius 2 is 2.04 bits per heavy atom. The molecule has 0 bridgehead atoms. The van der Waals surface area contributed by atoms with Crippen LogP contribution in [0.5, 0.6) is 0 Å². The lowest BCUT2D eigenvalue weighted by atomic mass is 10.1. The monoisotopic (exact) mass is 322 g/mol. The summed E-state index contributed by atoms with van der Waals surface area (Å²) in [6.07, 6.45) is -3.16. The molecule has 1 aromatic carbocycles. The molecule has 0 radical (unpaired) electrons. The predicted molar refractivity (Wildman–Crippen MR) is 77.0 cm³/mol. The molecule has 0 aliphatic heterocycles. The van der Waals surface area contributed by atoms with Crippen molar-refractivity contribution in [2.75, 3.05) is 0 Å². The van der Waals surface area contributed by atoms with Gasteiger partial charge in [-0.15, -0.1) is 0 Å². The summed E-state index contributed by atoms with van der Waals surface area (Å²) >= 11 is 0. The lowest BCUT2D eigenvalue weighted by molar-refractivity contribution is -0.137. The first-order chi connectivity index (χ1) is 10.8. The number of hydrogen-bond donors (Lipinski definition) is 2. The van der Waals surface area contributed by atoms with Crippen LogP contribution in [-0.4, -0.2) is 22.2 Å². The molecule has 0 saturated heterocycles. The van der Waals surface area contributed by atoms with Gasteiger partial charge in [0.05, 0.1) is 11.3 Å². The van der Waals surface area contributed by atoms with Crippen LogP contribution in [0.3, 0.4) is 0 Å². The minimum Gasteiger partial charge on any atom is -0.465 e. The van der Waals surface area contributed by atoms with Gasteiger partial charge in [0.1, 0.15) is 0 Å². The number of halogens is 3. The van der Waals surface area contributed by atoms with Gasteiger partial charge in [0, 0.05) is 23.7 Å². The van der Waals surface area contributed by atoms with Crippen molar-refractivity contribution in [3.05, 3.63) is 53.7 Å². The summed E-state index contributed by atoms with van der Waals surface area (Å²) in [7, 11) is 0. The predicted octanol–water partition coefficient (Wildman–Crippen LogP) is 3.89. The lowest BCUT2D eigenvalue weighted by Gasteiger charge is -2.09. The number of carbonyl (C=O) groups is 1. The number of nitrogens with zero attached hydrogens (tertiary/aromatic N) is 1. The maximum Gasteiger partial charge on any atom is 0.416 e. The van der Waals surface area contributed by atoms with Crippen LogP contribution in [0.25, 0.3) is 11.3 Å². The zero-order valence-corrected chi connectivity index (χ0v) is 11.8. The maximum atomic E-state index is 12.7. The van der Waals surface area contributed by atoms with Gasteiger partial charge < -0.3 is 10.4 Å². The largest absolute Gasteiger partial charge is 0.465 e. The summed E-state index contributed by atoms with van der Waals surface area (Å²) < 4.78 is 38.2. The summed E-state index contributed by atoms with van der Waals surface area (Å²) in [4.78, 5) is 14.8. The number of pyridine rings is 1. The number of benzene rings is 1. The lowest BCUT2D eigenvalue weighted by Crippen LogP contribution is -2.24.